The van der Waals surface area contributed by atoms with Gasteiger partial charge in [-0.15, -0.1) is 11.3 Å². The molecule has 4 nitrogen and oxygen atoms in total. The molecule has 0 amide bonds. The Kier molecular flexibility index (Phi) is 2.85. The van der Waals surface area contributed by atoms with Crippen molar-refractivity contribution in [3.63, 3.8) is 0 Å². The van der Waals surface area contributed by atoms with E-state index in [1.807, 2.05) is 23.6 Å². The highest BCUT2D eigenvalue weighted by Gasteiger charge is 2.26. The molecule has 1 atom stereocenters. The number of nitrogens with one attached hydrogen (secondary N) is 1. The van der Waals surface area contributed by atoms with Crippen LogP contribution in [0.1, 0.15) is 17.5 Å². The van der Waals surface area contributed by atoms with Crippen molar-refractivity contribution in [2.45, 2.75) is 12.5 Å². The molecule has 1 unspecified atom stereocenters. The third-order valence-electron chi connectivity index (χ3n) is 3.30. The fraction of sp³-hybridized carbons (Fsp3) is 0.143. The molecule has 2 aromatic heterocycles. The SMILES string of the molecule is Brc1csc(-c2noc(C3Cc4ccccc4N3)n2)c1. The third-order valence-corrected chi connectivity index (χ3v) is 4.99. The molecule has 0 saturated carbocycles. The highest BCUT2D eigenvalue weighted by Crippen LogP contribution is 2.34. The summed E-state index contributed by atoms with van der Waals surface area (Å²) in [5, 5.41) is 9.50. The summed E-state index contributed by atoms with van der Waals surface area (Å²) in [5.74, 6) is 1.29. The predicted molar refractivity (Wildman–Crippen MR) is 81.8 cm³/mol. The molecule has 20 heavy (non-hydrogen) atoms. The molecule has 3 aromatic rings. The maximum atomic E-state index is 5.41. The lowest BCUT2D eigenvalue weighted by molar-refractivity contribution is 0.364. The highest BCUT2D eigenvalue weighted by molar-refractivity contribution is 9.10. The van der Waals surface area contributed by atoms with E-state index in [0.29, 0.717) is 11.7 Å². The Labute approximate surface area is 128 Å². The van der Waals surface area contributed by atoms with Crippen molar-refractivity contribution >= 4 is 33.0 Å². The van der Waals surface area contributed by atoms with E-state index < -0.39 is 0 Å². The number of thiophene rings is 1. The normalized spacial score (nSPS) is 16.9. The molecule has 0 bridgehead atoms. The van der Waals surface area contributed by atoms with Crippen molar-refractivity contribution in [2.24, 2.45) is 0 Å². The first-order chi connectivity index (χ1) is 9.79. The zero-order valence-corrected chi connectivity index (χ0v) is 12.7. The average Bonchev–Trinajstić information content (AvgIpc) is 3.16. The zero-order valence-electron chi connectivity index (χ0n) is 10.3. The van der Waals surface area contributed by atoms with Gasteiger partial charge in [0, 0.05) is 22.0 Å². The van der Waals surface area contributed by atoms with Gasteiger partial charge in [-0.3, -0.25) is 0 Å². The Morgan fingerprint density at radius 3 is 3.05 bits per heavy atom. The summed E-state index contributed by atoms with van der Waals surface area (Å²) < 4.78 is 6.45. The molecule has 0 radical (unpaired) electrons. The van der Waals surface area contributed by atoms with E-state index in [1.165, 1.54) is 5.56 Å². The first kappa shape index (κ1) is 12.1. The van der Waals surface area contributed by atoms with Gasteiger partial charge in [-0.05, 0) is 33.6 Å². The van der Waals surface area contributed by atoms with Crippen LogP contribution in [-0.2, 0) is 6.42 Å². The summed E-state index contributed by atoms with van der Waals surface area (Å²) in [7, 11) is 0. The minimum Gasteiger partial charge on any atom is -0.373 e. The molecule has 100 valence electrons. The first-order valence-corrected chi connectivity index (χ1v) is 7.89. The van der Waals surface area contributed by atoms with Crippen LogP contribution in [0.25, 0.3) is 10.7 Å². The van der Waals surface area contributed by atoms with Gasteiger partial charge in [-0.1, -0.05) is 23.4 Å². The smallest absolute Gasteiger partial charge is 0.249 e. The fourth-order valence-corrected chi connectivity index (χ4v) is 3.71. The van der Waals surface area contributed by atoms with Crippen molar-refractivity contribution in [3.8, 4) is 10.7 Å². The molecule has 1 aromatic carbocycles. The second-order valence-corrected chi connectivity index (χ2v) is 6.47. The zero-order chi connectivity index (χ0) is 13.5. The fourth-order valence-electron chi connectivity index (χ4n) is 2.35. The number of rotatable bonds is 2. The Balaban J connectivity index is 1.61. The largest absolute Gasteiger partial charge is 0.373 e. The van der Waals surface area contributed by atoms with Crippen molar-refractivity contribution in [2.75, 3.05) is 5.32 Å². The van der Waals surface area contributed by atoms with Crippen molar-refractivity contribution in [1.82, 2.24) is 10.1 Å². The summed E-state index contributed by atoms with van der Waals surface area (Å²) in [5.41, 5.74) is 2.44. The maximum absolute atomic E-state index is 5.41. The Morgan fingerprint density at radius 1 is 1.35 bits per heavy atom. The van der Waals surface area contributed by atoms with Gasteiger partial charge >= 0.3 is 0 Å². The first-order valence-electron chi connectivity index (χ1n) is 6.22. The number of hydrogen-bond donors (Lipinski definition) is 1. The van der Waals surface area contributed by atoms with Crippen LogP contribution >= 0.6 is 27.3 Å². The Hall–Kier alpha value is -1.66. The van der Waals surface area contributed by atoms with Gasteiger partial charge in [0.15, 0.2) is 0 Å². The quantitative estimate of drug-likeness (QED) is 0.751. The topological polar surface area (TPSA) is 51.0 Å². The molecular formula is C14H10BrN3OS. The summed E-state index contributed by atoms with van der Waals surface area (Å²) in [6, 6.07) is 10.3. The lowest BCUT2D eigenvalue weighted by atomic mass is 10.1. The van der Waals surface area contributed by atoms with Gasteiger partial charge in [0.1, 0.15) is 6.04 Å². The molecule has 0 fully saturated rings. The van der Waals surface area contributed by atoms with E-state index in [2.05, 4.69) is 43.5 Å². The number of nitrogens with zero attached hydrogens (tertiary/aromatic N) is 2. The molecule has 0 aliphatic carbocycles. The third kappa shape index (κ3) is 2.05. The average molecular weight is 348 g/mol. The molecule has 1 N–H and O–H groups in total. The van der Waals surface area contributed by atoms with Gasteiger partial charge in [0.05, 0.1) is 4.88 Å². The van der Waals surface area contributed by atoms with E-state index in [1.54, 1.807) is 11.3 Å². The van der Waals surface area contributed by atoms with Gasteiger partial charge in [0.25, 0.3) is 0 Å². The highest BCUT2D eigenvalue weighted by atomic mass is 79.9. The van der Waals surface area contributed by atoms with Gasteiger partial charge < -0.3 is 9.84 Å². The predicted octanol–water partition coefficient (Wildman–Crippen LogP) is 4.27. The van der Waals surface area contributed by atoms with Crippen molar-refractivity contribution in [3.05, 3.63) is 51.6 Å². The minimum atomic E-state index is 0.0667. The molecule has 1 aliphatic heterocycles. The van der Waals surface area contributed by atoms with Crippen LogP contribution in [0.4, 0.5) is 5.69 Å². The molecular weight excluding hydrogens is 338 g/mol. The van der Waals surface area contributed by atoms with Crippen LogP contribution in [0, 0.1) is 0 Å². The summed E-state index contributed by atoms with van der Waals surface area (Å²) in [6.07, 6.45) is 0.881. The monoisotopic (exact) mass is 347 g/mol. The Bertz CT molecular complexity index is 742. The van der Waals surface area contributed by atoms with Crippen molar-refractivity contribution < 1.29 is 4.52 Å². The van der Waals surface area contributed by atoms with Gasteiger partial charge in [-0.25, -0.2) is 0 Å². The van der Waals surface area contributed by atoms with Crippen LogP contribution in [0.2, 0.25) is 0 Å². The van der Waals surface area contributed by atoms with E-state index in [4.69, 9.17) is 4.52 Å². The lowest BCUT2D eigenvalue weighted by Crippen LogP contribution is -2.05. The second kappa shape index (κ2) is 4.71. The molecule has 6 heteroatoms. The number of aromatic nitrogens is 2. The van der Waals surface area contributed by atoms with E-state index in [9.17, 15) is 0 Å². The van der Waals surface area contributed by atoms with E-state index in [0.717, 1.165) is 21.5 Å². The van der Waals surface area contributed by atoms with E-state index in [-0.39, 0.29) is 6.04 Å². The number of halogens is 1. The van der Waals surface area contributed by atoms with Crippen LogP contribution < -0.4 is 5.32 Å². The lowest BCUT2D eigenvalue weighted by Gasteiger charge is -2.04. The van der Waals surface area contributed by atoms with E-state index >= 15 is 0 Å². The Morgan fingerprint density at radius 2 is 2.25 bits per heavy atom. The number of fused-ring (bicyclic) bond motifs is 1. The number of benzene rings is 1. The van der Waals surface area contributed by atoms with Gasteiger partial charge in [-0.2, -0.15) is 4.98 Å². The number of anilines is 1. The van der Waals surface area contributed by atoms with Crippen LogP contribution in [0.15, 0.2) is 44.7 Å². The minimum absolute atomic E-state index is 0.0667. The molecule has 3 heterocycles. The summed E-state index contributed by atoms with van der Waals surface area (Å²) in [4.78, 5) is 5.51. The van der Waals surface area contributed by atoms with Crippen LogP contribution in [-0.4, -0.2) is 10.1 Å². The molecule has 0 spiro atoms. The van der Waals surface area contributed by atoms with Gasteiger partial charge in [0.2, 0.25) is 11.7 Å². The second-order valence-electron chi connectivity index (χ2n) is 4.64. The van der Waals surface area contributed by atoms with Crippen LogP contribution in [0.5, 0.6) is 0 Å². The van der Waals surface area contributed by atoms with Crippen molar-refractivity contribution in [1.29, 1.82) is 0 Å². The van der Waals surface area contributed by atoms with Crippen LogP contribution in [0.3, 0.4) is 0 Å². The molecule has 1 aliphatic rings. The molecule has 0 saturated heterocycles. The summed E-state index contributed by atoms with van der Waals surface area (Å²) in [6.45, 7) is 0. The standard InChI is InChI=1S/C14H10BrN3OS/c15-9-6-12(20-7-9)13-17-14(19-18-13)11-5-8-3-1-2-4-10(8)16-11/h1-4,6-7,11,16H,5H2. The summed E-state index contributed by atoms with van der Waals surface area (Å²) >= 11 is 5.03. The maximum Gasteiger partial charge on any atom is 0.249 e. The number of hydrogen-bond acceptors (Lipinski definition) is 5. The number of para-hydroxylation sites is 1. The molecule has 4 rings (SSSR count).